The van der Waals surface area contributed by atoms with E-state index in [0.717, 1.165) is 36.9 Å². The second-order valence-electron chi connectivity index (χ2n) is 7.68. The zero-order chi connectivity index (χ0) is 24.2. The highest BCUT2D eigenvalue weighted by Gasteiger charge is 2.22. The molecule has 1 amide bonds. The van der Waals surface area contributed by atoms with E-state index in [1.807, 2.05) is 6.07 Å². The molecule has 2 aromatic heterocycles. The van der Waals surface area contributed by atoms with E-state index < -0.39 is 17.3 Å². The first kappa shape index (κ1) is 23.0. The lowest BCUT2D eigenvalue weighted by Crippen LogP contribution is -2.44. The monoisotopic (exact) mass is 462 g/mol. The lowest BCUT2D eigenvalue weighted by Gasteiger charge is -2.28. The third-order valence-electron chi connectivity index (χ3n) is 5.66. The van der Waals surface area contributed by atoms with Gasteiger partial charge in [-0.2, -0.15) is 10.4 Å². The molecule has 0 saturated carbocycles. The van der Waals surface area contributed by atoms with Crippen LogP contribution in [-0.4, -0.2) is 58.5 Å². The summed E-state index contributed by atoms with van der Waals surface area (Å²) in [6.07, 6.45) is 1.46. The topological polar surface area (TPSA) is 121 Å². The fraction of sp³-hybridized carbons (Fsp3) is 0.348. The number of imidazole rings is 1. The molecule has 1 fully saturated rings. The smallest absolute Gasteiger partial charge is 0.293 e. The first-order valence-corrected chi connectivity index (χ1v) is 10.7. The van der Waals surface area contributed by atoms with Crippen LogP contribution in [0.25, 0.3) is 11.0 Å². The Morgan fingerprint density at radius 1 is 1.32 bits per heavy atom. The molecule has 0 radical (unpaired) electrons. The van der Waals surface area contributed by atoms with Crippen molar-refractivity contribution in [3.63, 3.8) is 0 Å². The molecule has 1 aromatic carbocycles. The number of nitriles is 1. The van der Waals surface area contributed by atoms with Crippen molar-refractivity contribution in [3.8, 4) is 17.9 Å². The fourth-order valence-corrected chi connectivity index (χ4v) is 3.92. The van der Waals surface area contributed by atoms with Gasteiger partial charge in [0.05, 0.1) is 30.9 Å². The Morgan fingerprint density at radius 3 is 2.76 bits per heavy atom. The number of piperazine rings is 1. The first-order valence-electron chi connectivity index (χ1n) is 10.7. The summed E-state index contributed by atoms with van der Waals surface area (Å²) in [6, 6.07) is 4.25. The Balaban J connectivity index is 1.81. The van der Waals surface area contributed by atoms with E-state index in [4.69, 9.17) is 0 Å². The Morgan fingerprint density at radius 2 is 2.09 bits per heavy atom. The van der Waals surface area contributed by atoms with Crippen LogP contribution in [0.2, 0.25) is 0 Å². The molecular formula is C23H23FN8O2. The van der Waals surface area contributed by atoms with Gasteiger partial charge in [0.15, 0.2) is 0 Å². The molecule has 3 heterocycles. The van der Waals surface area contributed by atoms with Crippen LogP contribution in [0.4, 0.5) is 10.3 Å². The summed E-state index contributed by atoms with van der Waals surface area (Å²) < 4.78 is 17.8. The van der Waals surface area contributed by atoms with Crippen molar-refractivity contribution in [3.05, 3.63) is 51.2 Å². The Hall–Kier alpha value is -4.22. The normalized spacial score (nSPS) is 13.3. The van der Waals surface area contributed by atoms with Crippen LogP contribution in [-0.2, 0) is 13.1 Å². The van der Waals surface area contributed by atoms with Gasteiger partial charge in [-0.3, -0.25) is 14.2 Å². The summed E-state index contributed by atoms with van der Waals surface area (Å²) in [5.41, 5.74) is 0.219. The number of nitrogens with one attached hydrogen (secondary N) is 2. The van der Waals surface area contributed by atoms with Gasteiger partial charge >= 0.3 is 0 Å². The third kappa shape index (κ3) is 4.21. The number of hydrogen-bond acceptors (Lipinski definition) is 7. The largest absolute Gasteiger partial charge is 0.355 e. The fourth-order valence-electron chi connectivity index (χ4n) is 3.92. The van der Waals surface area contributed by atoms with Gasteiger partial charge in [-0.15, -0.1) is 5.92 Å². The minimum absolute atomic E-state index is 0.0212. The maximum absolute atomic E-state index is 14.9. The van der Waals surface area contributed by atoms with Crippen molar-refractivity contribution >= 4 is 22.9 Å². The summed E-state index contributed by atoms with van der Waals surface area (Å²) in [5, 5.41) is 19.4. The van der Waals surface area contributed by atoms with Gasteiger partial charge in [0.1, 0.15) is 16.9 Å². The van der Waals surface area contributed by atoms with Crippen molar-refractivity contribution in [2.45, 2.75) is 20.0 Å². The number of halogens is 1. The van der Waals surface area contributed by atoms with Gasteiger partial charge in [-0.1, -0.05) is 5.92 Å². The number of aromatic nitrogens is 4. The minimum Gasteiger partial charge on any atom is -0.355 e. The maximum atomic E-state index is 14.9. The van der Waals surface area contributed by atoms with Crippen molar-refractivity contribution in [1.82, 2.24) is 30.0 Å². The van der Waals surface area contributed by atoms with E-state index in [0.29, 0.717) is 17.0 Å². The van der Waals surface area contributed by atoms with Crippen molar-refractivity contribution in [2.24, 2.45) is 0 Å². The number of fused-ring (bicyclic) bond motifs is 1. The molecule has 1 aliphatic heterocycles. The molecule has 4 rings (SSSR count). The summed E-state index contributed by atoms with van der Waals surface area (Å²) >= 11 is 0. The number of carbonyl (C=O) groups excluding carboxylic acids is 1. The van der Waals surface area contributed by atoms with E-state index in [1.165, 1.54) is 19.3 Å². The standard InChI is InChI=1S/C23H23FN8O2/c1-3-4-7-31-20-19(29-23(31)30-8-5-27-6-9-30)13-28-32(22(20)34)14-17-16(12-25)10-15(11-18(17)24)21(33)26-2/h10-11,13,27H,5-9,14H2,1-2H3,(H,26,33). The van der Waals surface area contributed by atoms with Gasteiger partial charge < -0.3 is 15.5 Å². The number of benzene rings is 1. The SMILES string of the molecule is CC#CCn1c(N2CCNCC2)nc2cnn(Cc3c(F)cc(C(=O)NC)cc3C#N)c(=O)c21. The molecule has 0 atom stereocenters. The van der Waals surface area contributed by atoms with Crippen molar-refractivity contribution < 1.29 is 9.18 Å². The molecule has 34 heavy (non-hydrogen) atoms. The van der Waals surface area contributed by atoms with Gasteiger partial charge in [0.25, 0.3) is 11.5 Å². The minimum atomic E-state index is -0.765. The third-order valence-corrected chi connectivity index (χ3v) is 5.66. The Labute approximate surface area is 195 Å². The number of anilines is 1. The van der Waals surface area contributed by atoms with E-state index >= 15 is 0 Å². The van der Waals surface area contributed by atoms with E-state index in [2.05, 4.69) is 37.5 Å². The average Bonchev–Trinajstić information content (AvgIpc) is 3.24. The molecule has 0 unspecified atom stereocenters. The quantitative estimate of drug-likeness (QED) is 0.528. The lowest BCUT2D eigenvalue weighted by molar-refractivity contribution is 0.0962. The molecule has 174 valence electrons. The van der Waals surface area contributed by atoms with E-state index in [1.54, 1.807) is 11.5 Å². The van der Waals surface area contributed by atoms with Crippen LogP contribution in [0.5, 0.6) is 0 Å². The maximum Gasteiger partial charge on any atom is 0.293 e. The van der Waals surface area contributed by atoms with E-state index in [9.17, 15) is 19.2 Å². The average molecular weight is 462 g/mol. The number of amides is 1. The molecule has 10 nitrogen and oxygen atoms in total. The number of rotatable bonds is 5. The predicted molar refractivity (Wildman–Crippen MR) is 124 cm³/mol. The molecule has 2 N–H and O–H groups in total. The van der Waals surface area contributed by atoms with Crippen LogP contribution in [0.1, 0.15) is 28.4 Å². The summed E-state index contributed by atoms with van der Waals surface area (Å²) in [7, 11) is 1.42. The molecule has 11 heteroatoms. The van der Waals surface area contributed by atoms with Crippen LogP contribution >= 0.6 is 0 Å². The van der Waals surface area contributed by atoms with Crippen molar-refractivity contribution in [1.29, 1.82) is 5.26 Å². The van der Waals surface area contributed by atoms with Gasteiger partial charge in [0.2, 0.25) is 5.95 Å². The van der Waals surface area contributed by atoms with Gasteiger partial charge in [-0.25, -0.2) is 14.1 Å². The predicted octanol–water partition coefficient (Wildman–Crippen LogP) is 0.445. The van der Waals surface area contributed by atoms with Crippen molar-refractivity contribution in [2.75, 3.05) is 38.1 Å². The molecule has 3 aromatic rings. The molecule has 0 bridgehead atoms. The molecule has 1 saturated heterocycles. The van der Waals surface area contributed by atoms with Gasteiger partial charge in [-0.05, 0) is 19.1 Å². The molecule has 1 aliphatic rings. The highest BCUT2D eigenvalue weighted by atomic mass is 19.1. The Kier molecular flexibility index (Phi) is 6.57. The number of carbonyl (C=O) groups is 1. The number of nitrogens with zero attached hydrogens (tertiary/aromatic N) is 6. The number of hydrogen-bond donors (Lipinski definition) is 2. The van der Waals surface area contributed by atoms with Crippen LogP contribution in [0.3, 0.4) is 0 Å². The molecule has 0 aliphatic carbocycles. The zero-order valence-corrected chi connectivity index (χ0v) is 18.9. The summed E-state index contributed by atoms with van der Waals surface area (Å²) in [5.74, 6) is 5.19. The highest BCUT2D eigenvalue weighted by Crippen LogP contribution is 2.21. The van der Waals surface area contributed by atoms with Crippen LogP contribution in [0, 0.1) is 29.0 Å². The second kappa shape index (κ2) is 9.73. The second-order valence-corrected chi connectivity index (χ2v) is 7.68. The van der Waals surface area contributed by atoms with Crippen LogP contribution in [0.15, 0.2) is 23.1 Å². The zero-order valence-electron chi connectivity index (χ0n) is 18.9. The van der Waals surface area contributed by atoms with Crippen LogP contribution < -0.4 is 21.1 Å². The highest BCUT2D eigenvalue weighted by molar-refractivity contribution is 5.94. The summed E-state index contributed by atoms with van der Waals surface area (Å²) in [6.45, 7) is 4.78. The summed E-state index contributed by atoms with van der Waals surface area (Å²) in [4.78, 5) is 32.0. The first-order chi connectivity index (χ1) is 16.5. The van der Waals surface area contributed by atoms with E-state index in [-0.39, 0.29) is 29.8 Å². The molecule has 0 spiro atoms. The van der Waals surface area contributed by atoms with Gasteiger partial charge in [0, 0.05) is 44.4 Å². The lowest BCUT2D eigenvalue weighted by atomic mass is 10.0. The molecular weight excluding hydrogens is 439 g/mol. The Bertz CT molecular complexity index is 1420.